The number of hydrogen-bond acceptors (Lipinski definition) is 7. The number of benzene rings is 1. The number of sulfonamides is 1. The van der Waals surface area contributed by atoms with Gasteiger partial charge in [0.15, 0.2) is 11.6 Å². The first kappa shape index (κ1) is 33.2. The van der Waals surface area contributed by atoms with E-state index in [1.807, 2.05) is 0 Å². The highest BCUT2D eigenvalue weighted by atomic mass is 32.2. The number of halogens is 4. The maximum Gasteiger partial charge on any atom is 0.511 e. The predicted molar refractivity (Wildman–Crippen MR) is 150 cm³/mol. The zero-order valence-corrected chi connectivity index (χ0v) is 25.7. The molecule has 0 spiro atoms. The van der Waals surface area contributed by atoms with Gasteiger partial charge in [-0.05, 0) is 76.2 Å². The number of hydrogen-bond donors (Lipinski definition) is 3. The summed E-state index contributed by atoms with van der Waals surface area (Å²) >= 11 is 0. The number of rotatable bonds is 9. The summed E-state index contributed by atoms with van der Waals surface area (Å²) < 4.78 is 89.0. The standard InChI is InChI=1S/C29H37F4N3O8S/c1-28(27(39)40)8-5-18(6-9-28)44-22-12-19(21(43-2)13-20(22)30)25(37)35-24-16-4-3-15(11-16)23(24)26(38)34-17-7-10-36(14-17)45(41,42)29(31,32)33/h12-13,15-18,23-24H,3-11,14H2,1-2H3,(H,34,38)(H,35,37)(H,39,40)/t15-,16+,17?,18-,23+,24-,28+/m1/s1. The van der Waals surface area contributed by atoms with Crippen LogP contribution in [0.1, 0.15) is 68.6 Å². The third kappa shape index (κ3) is 6.44. The van der Waals surface area contributed by atoms with Crippen LogP contribution in [0.4, 0.5) is 17.6 Å². The molecule has 1 aliphatic heterocycles. The van der Waals surface area contributed by atoms with Crippen molar-refractivity contribution in [3.05, 3.63) is 23.5 Å². The second-order valence-corrected chi connectivity index (χ2v) is 14.8. The minimum Gasteiger partial charge on any atom is -0.496 e. The number of aliphatic carboxylic acids is 1. The number of amides is 2. The first-order chi connectivity index (χ1) is 21.0. The van der Waals surface area contributed by atoms with Crippen LogP contribution in [0.5, 0.6) is 11.5 Å². The minimum absolute atomic E-state index is 0.0188. The molecule has 3 N–H and O–H groups in total. The Morgan fingerprint density at radius 3 is 2.31 bits per heavy atom. The quantitative estimate of drug-likeness (QED) is 0.340. The van der Waals surface area contributed by atoms with Crippen molar-refractivity contribution >= 4 is 27.8 Å². The molecule has 2 bridgehead atoms. The van der Waals surface area contributed by atoms with Crippen LogP contribution >= 0.6 is 0 Å². The summed E-state index contributed by atoms with van der Waals surface area (Å²) in [5.41, 5.74) is -6.34. The molecule has 45 heavy (non-hydrogen) atoms. The van der Waals surface area contributed by atoms with E-state index in [4.69, 9.17) is 9.47 Å². The highest BCUT2D eigenvalue weighted by Crippen LogP contribution is 2.49. The highest BCUT2D eigenvalue weighted by molar-refractivity contribution is 7.90. The van der Waals surface area contributed by atoms with E-state index in [1.165, 1.54) is 13.2 Å². The SMILES string of the molecule is COc1cc(F)c(O[C@H]2CC[C@@](C)(C(=O)O)CC2)cc1C(=O)N[C@@H]1[C@H]2CC[C@H](C2)[C@@H]1C(=O)NC1CCN(S(=O)(=O)C(F)(F)F)C1. The second-order valence-electron chi connectivity index (χ2n) is 12.8. The lowest BCUT2D eigenvalue weighted by atomic mass is 9.75. The van der Waals surface area contributed by atoms with Gasteiger partial charge >= 0.3 is 21.5 Å². The van der Waals surface area contributed by atoms with Crippen LogP contribution in [0.25, 0.3) is 0 Å². The van der Waals surface area contributed by atoms with Crippen molar-refractivity contribution in [2.75, 3.05) is 20.2 Å². The number of ether oxygens (including phenoxy) is 2. The van der Waals surface area contributed by atoms with Gasteiger partial charge in [0.25, 0.3) is 5.91 Å². The van der Waals surface area contributed by atoms with Gasteiger partial charge in [-0.1, -0.05) is 0 Å². The smallest absolute Gasteiger partial charge is 0.496 e. The van der Waals surface area contributed by atoms with Gasteiger partial charge in [-0.3, -0.25) is 14.4 Å². The van der Waals surface area contributed by atoms with Crippen LogP contribution in [0, 0.1) is 29.0 Å². The summed E-state index contributed by atoms with van der Waals surface area (Å²) in [5.74, 6) is -3.79. The first-order valence-corrected chi connectivity index (χ1v) is 16.4. The van der Waals surface area contributed by atoms with Gasteiger partial charge in [0, 0.05) is 31.2 Å². The lowest BCUT2D eigenvalue weighted by molar-refractivity contribution is -0.150. The number of carboxylic acid groups (broad SMARTS) is 1. The van der Waals surface area contributed by atoms with E-state index in [-0.39, 0.29) is 41.9 Å². The van der Waals surface area contributed by atoms with Crippen LogP contribution in [0.15, 0.2) is 12.1 Å². The Balaban J connectivity index is 1.27. The first-order valence-electron chi connectivity index (χ1n) is 15.0. The van der Waals surface area contributed by atoms with Gasteiger partial charge in [0.2, 0.25) is 5.91 Å². The summed E-state index contributed by atoms with van der Waals surface area (Å²) in [6.07, 6.45) is 3.19. The maximum atomic E-state index is 15.0. The summed E-state index contributed by atoms with van der Waals surface area (Å²) in [6.45, 7) is 0.779. The molecular weight excluding hydrogens is 626 g/mol. The average Bonchev–Trinajstić information content (AvgIpc) is 3.71. The Morgan fingerprint density at radius 1 is 1.02 bits per heavy atom. The Labute approximate surface area is 258 Å². The van der Waals surface area contributed by atoms with Crippen molar-refractivity contribution in [2.24, 2.45) is 23.2 Å². The van der Waals surface area contributed by atoms with E-state index in [9.17, 15) is 45.5 Å². The monoisotopic (exact) mass is 663 g/mol. The number of carbonyl (C=O) groups excluding carboxylic acids is 2. The summed E-state index contributed by atoms with van der Waals surface area (Å²) in [4.78, 5) is 38.6. The molecule has 2 amide bonds. The van der Waals surface area contributed by atoms with E-state index in [0.717, 1.165) is 18.9 Å². The molecule has 3 saturated carbocycles. The summed E-state index contributed by atoms with van der Waals surface area (Å²) in [7, 11) is -4.23. The highest BCUT2D eigenvalue weighted by Gasteiger charge is 2.54. The Kier molecular flexibility index (Phi) is 9.03. The van der Waals surface area contributed by atoms with E-state index in [2.05, 4.69) is 10.6 Å². The molecule has 1 heterocycles. The second kappa shape index (κ2) is 12.2. The Hall–Kier alpha value is -3.14. The van der Waals surface area contributed by atoms with Crippen molar-refractivity contribution in [2.45, 2.75) is 82.0 Å². The number of nitrogens with one attached hydrogen (secondary N) is 2. The molecule has 5 rings (SSSR count). The molecule has 1 unspecified atom stereocenters. The fourth-order valence-electron chi connectivity index (χ4n) is 7.33. The molecule has 0 radical (unpaired) electrons. The lowest BCUT2D eigenvalue weighted by Crippen LogP contribution is -2.52. The number of nitrogens with zero attached hydrogens (tertiary/aromatic N) is 1. The van der Waals surface area contributed by atoms with Crippen LogP contribution in [-0.4, -0.2) is 79.5 Å². The Bertz CT molecular complexity index is 1450. The average molecular weight is 664 g/mol. The van der Waals surface area contributed by atoms with Gasteiger partial charge in [-0.2, -0.15) is 17.5 Å². The molecular formula is C29H37F4N3O8S. The third-order valence-electron chi connectivity index (χ3n) is 9.99. The molecule has 4 aliphatic rings. The minimum atomic E-state index is -5.51. The molecule has 16 heteroatoms. The maximum absolute atomic E-state index is 15.0. The van der Waals surface area contributed by atoms with Gasteiger partial charge < -0.3 is 25.2 Å². The van der Waals surface area contributed by atoms with Gasteiger partial charge in [0.05, 0.1) is 30.1 Å². The normalized spacial score (nSPS) is 31.9. The molecule has 250 valence electrons. The molecule has 0 aromatic heterocycles. The number of alkyl halides is 3. The third-order valence-corrected chi connectivity index (χ3v) is 11.6. The van der Waals surface area contributed by atoms with Crippen LogP contribution < -0.4 is 20.1 Å². The lowest BCUT2D eigenvalue weighted by Gasteiger charge is -2.34. The fourth-order valence-corrected chi connectivity index (χ4v) is 8.34. The van der Waals surface area contributed by atoms with E-state index < -0.39 is 75.2 Å². The van der Waals surface area contributed by atoms with Crippen LogP contribution in [0.3, 0.4) is 0 Å². The summed E-state index contributed by atoms with van der Waals surface area (Å²) in [5, 5.41) is 15.1. The number of carboxylic acids is 1. The molecule has 4 fully saturated rings. The van der Waals surface area contributed by atoms with Crippen molar-refractivity contribution < 1.29 is 54.9 Å². The zero-order valence-electron chi connectivity index (χ0n) is 24.9. The van der Waals surface area contributed by atoms with Crippen LogP contribution in [-0.2, 0) is 19.6 Å². The van der Waals surface area contributed by atoms with E-state index in [0.29, 0.717) is 36.4 Å². The van der Waals surface area contributed by atoms with Crippen molar-refractivity contribution in [1.29, 1.82) is 0 Å². The van der Waals surface area contributed by atoms with Gasteiger partial charge in [0.1, 0.15) is 5.75 Å². The van der Waals surface area contributed by atoms with Gasteiger partial charge in [-0.15, -0.1) is 0 Å². The van der Waals surface area contributed by atoms with Crippen molar-refractivity contribution in [3.63, 3.8) is 0 Å². The fraction of sp³-hybridized carbons (Fsp3) is 0.690. The molecule has 11 nitrogen and oxygen atoms in total. The Morgan fingerprint density at radius 2 is 1.69 bits per heavy atom. The molecule has 1 aromatic rings. The predicted octanol–water partition coefficient (Wildman–Crippen LogP) is 3.43. The van der Waals surface area contributed by atoms with E-state index in [1.54, 1.807) is 6.92 Å². The molecule has 1 saturated heterocycles. The topological polar surface area (TPSA) is 151 Å². The van der Waals surface area contributed by atoms with E-state index >= 15 is 0 Å². The summed E-state index contributed by atoms with van der Waals surface area (Å²) in [6, 6.07) is 0.833. The zero-order chi connectivity index (χ0) is 32.9. The number of carbonyl (C=O) groups is 3. The molecule has 3 aliphatic carbocycles. The number of methoxy groups -OCH3 is 1. The van der Waals surface area contributed by atoms with Gasteiger partial charge in [-0.25, -0.2) is 12.8 Å². The van der Waals surface area contributed by atoms with Crippen LogP contribution in [0.2, 0.25) is 0 Å². The van der Waals surface area contributed by atoms with Crippen molar-refractivity contribution in [1.82, 2.24) is 14.9 Å². The largest absolute Gasteiger partial charge is 0.511 e. The number of fused-ring (bicyclic) bond motifs is 2. The molecule has 1 aromatic carbocycles. The molecule has 5 atom stereocenters. The van der Waals surface area contributed by atoms with Crippen molar-refractivity contribution in [3.8, 4) is 11.5 Å².